The summed E-state index contributed by atoms with van der Waals surface area (Å²) in [6.45, 7) is 5.64. The maximum absolute atomic E-state index is 13.0. The van der Waals surface area contributed by atoms with Crippen LogP contribution in [0.15, 0.2) is 48.5 Å². The number of alkyl carbamates (subject to hydrolysis) is 1. The van der Waals surface area contributed by atoms with Crippen molar-refractivity contribution in [2.45, 2.75) is 38.8 Å². The molecule has 1 aliphatic rings. The van der Waals surface area contributed by atoms with E-state index in [1.54, 1.807) is 39.8 Å². The molecule has 2 amide bonds. The monoisotopic (exact) mass is 481 g/mol. The van der Waals surface area contributed by atoms with Gasteiger partial charge in [0.1, 0.15) is 12.6 Å². The predicted molar refractivity (Wildman–Crippen MR) is 134 cm³/mol. The van der Waals surface area contributed by atoms with Crippen molar-refractivity contribution in [1.82, 2.24) is 15.5 Å². The zero-order valence-electron chi connectivity index (χ0n) is 20.9. The van der Waals surface area contributed by atoms with Crippen LogP contribution >= 0.6 is 0 Å². The second-order valence-electron chi connectivity index (χ2n) is 9.69. The molecule has 188 valence electrons. The zero-order chi connectivity index (χ0) is 25.7. The largest absolute Gasteiger partial charge is 0.481 e. The van der Waals surface area contributed by atoms with Crippen molar-refractivity contribution in [1.29, 1.82) is 0 Å². The molecule has 0 saturated heterocycles. The van der Waals surface area contributed by atoms with E-state index in [9.17, 15) is 19.5 Å². The number of hydrogen-bond acceptors (Lipinski definition) is 5. The highest BCUT2D eigenvalue weighted by molar-refractivity contribution is 5.86. The molecule has 3 rings (SSSR count). The van der Waals surface area contributed by atoms with Crippen LogP contribution in [-0.4, -0.2) is 67.3 Å². The predicted octanol–water partition coefficient (Wildman–Crippen LogP) is 3.32. The van der Waals surface area contributed by atoms with Crippen molar-refractivity contribution in [3.63, 3.8) is 0 Å². The molecule has 3 N–H and O–H groups in total. The highest BCUT2D eigenvalue weighted by atomic mass is 16.5. The standard InChI is InChI=1S/C27H35N3O5/c1-16(2)24(26(32)33)17(3)28-25(31)23(14-30(4)5)29-27(34)35-15-22-20-12-8-6-10-18(20)19-11-7-9-13-21(19)22/h6-13,16-17,22-24H,14-15H2,1-5H3,(H,28,31)(H,29,34)(H,32,33)/t17?,23-,24?/m0/s1. The molecule has 0 heterocycles. The van der Waals surface area contributed by atoms with Gasteiger partial charge < -0.3 is 25.4 Å². The molecule has 3 atom stereocenters. The van der Waals surface area contributed by atoms with E-state index in [2.05, 4.69) is 22.8 Å². The minimum Gasteiger partial charge on any atom is -0.481 e. The third-order valence-corrected chi connectivity index (χ3v) is 6.41. The van der Waals surface area contributed by atoms with E-state index in [1.165, 1.54) is 0 Å². The van der Waals surface area contributed by atoms with Crippen molar-refractivity contribution in [2.75, 3.05) is 27.2 Å². The van der Waals surface area contributed by atoms with Crippen molar-refractivity contribution in [3.8, 4) is 11.1 Å². The molecule has 35 heavy (non-hydrogen) atoms. The molecule has 2 aromatic rings. The van der Waals surface area contributed by atoms with Crippen molar-refractivity contribution in [2.24, 2.45) is 11.8 Å². The van der Waals surface area contributed by atoms with Gasteiger partial charge in [0.15, 0.2) is 0 Å². The van der Waals surface area contributed by atoms with Gasteiger partial charge in [0, 0.05) is 18.5 Å². The average molecular weight is 482 g/mol. The van der Waals surface area contributed by atoms with Gasteiger partial charge in [-0.3, -0.25) is 9.59 Å². The van der Waals surface area contributed by atoms with Gasteiger partial charge in [-0.25, -0.2) is 4.79 Å². The average Bonchev–Trinajstić information content (AvgIpc) is 3.10. The van der Waals surface area contributed by atoms with Gasteiger partial charge in [0.2, 0.25) is 5.91 Å². The molecular weight excluding hydrogens is 446 g/mol. The fourth-order valence-corrected chi connectivity index (χ4v) is 4.83. The maximum atomic E-state index is 13.0. The molecule has 2 aromatic carbocycles. The van der Waals surface area contributed by atoms with E-state index < -0.39 is 36.0 Å². The first-order chi connectivity index (χ1) is 16.6. The summed E-state index contributed by atoms with van der Waals surface area (Å²) in [5.74, 6) is -2.41. The van der Waals surface area contributed by atoms with Crippen LogP contribution in [0.1, 0.15) is 37.8 Å². The van der Waals surface area contributed by atoms with Crippen LogP contribution in [0.25, 0.3) is 11.1 Å². The number of carboxylic acids is 1. The summed E-state index contributed by atoms with van der Waals surface area (Å²) < 4.78 is 5.59. The minimum atomic E-state index is -0.971. The van der Waals surface area contributed by atoms with E-state index in [0.717, 1.165) is 22.3 Å². The van der Waals surface area contributed by atoms with E-state index in [0.29, 0.717) is 0 Å². The Morgan fingerprint density at radius 1 is 0.943 bits per heavy atom. The number of ether oxygens (including phenoxy) is 1. The Hall–Kier alpha value is -3.39. The Labute approximate surface area is 206 Å². The van der Waals surface area contributed by atoms with Crippen molar-refractivity contribution in [3.05, 3.63) is 59.7 Å². The highest BCUT2D eigenvalue weighted by Crippen LogP contribution is 2.44. The number of nitrogens with one attached hydrogen (secondary N) is 2. The number of carboxylic acid groups (broad SMARTS) is 1. The zero-order valence-corrected chi connectivity index (χ0v) is 20.9. The highest BCUT2D eigenvalue weighted by Gasteiger charge is 2.32. The Bertz CT molecular complexity index is 1020. The number of aliphatic carboxylic acids is 1. The van der Waals surface area contributed by atoms with Crippen LogP contribution in [0, 0.1) is 11.8 Å². The van der Waals surface area contributed by atoms with E-state index >= 15 is 0 Å². The molecule has 0 bridgehead atoms. The first kappa shape index (κ1) is 26.2. The number of amides is 2. The molecule has 2 unspecified atom stereocenters. The number of fused-ring (bicyclic) bond motifs is 3. The molecule has 0 fully saturated rings. The summed E-state index contributed by atoms with van der Waals surface area (Å²) >= 11 is 0. The third-order valence-electron chi connectivity index (χ3n) is 6.41. The van der Waals surface area contributed by atoms with E-state index in [-0.39, 0.29) is 25.0 Å². The summed E-state index contributed by atoms with van der Waals surface area (Å²) in [4.78, 5) is 39.1. The smallest absolute Gasteiger partial charge is 0.407 e. The number of nitrogens with zero attached hydrogens (tertiary/aromatic N) is 1. The van der Waals surface area contributed by atoms with E-state index in [1.807, 2.05) is 36.4 Å². The van der Waals surface area contributed by atoms with Gasteiger partial charge in [-0.05, 0) is 49.2 Å². The molecule has 0 radical (unpaired) electrons. The maximum Gasteiger partial charge on any atom is 0.407 e. The molecule has 8 nitrogen and oxygen atoms in total. The van der Waals surface area contributed by atoms with Gasteiger partial charge in [-0.15, -0.1) is 0 Å². The number of rotatable bonds is 10. The number of carbonyl (C=O) groups excluding carboxylic acids is 2. The molecule has 0 spiro atoms. The van der Waals surface area contributed by atoms with E-state index in [4.69, 9.17) is 4.74 Å². The molecule has 1 aliphatic carbocycles. The SMILES string of the molecule is CC(C)C(C(=O)O)C(C)NC(=O)[C@H](CN(C)C)NC(=O)OCC1c2ccccc2-c2ccccc21. The van der Waals surface area contributed by atoms with Crippen LogP contribution in [0.5, 0.6) is 0 Å². The third kappa shape index (κ3) is 6.19. The Morgan fingerprint density at radius 2 is 1.49 bits per heavy atom. The van der Waals surface area contributed by atoms with Gasteiger partial charge >= 0.3 is 12.1 Å². The summed E-state index contributed by atoms with van der Waals surface area (Å²) in [5.41, 5.74) is 4.47. The van der Waals surface area contributed by atoms with Gasteiger partial charge in [-0.2, -0.15) is 0 Å². The lowest BCUT2D eigenvalue weighted by molar-refractivity contribution is -0.144. The normalized spacial score (nSPS) is 15.2. The first-order valence-corrected chi connectivity index (χ1v) is 11.9. The lowest BCUT2D eigenvalue weighted by Gasteiger charge is -2.28. The fourth-order valence-electron chi connectivity index (χ4n) is 4.83. The van der Waals surface area contributed by atoms with Crippen LogP contribution in [0.3, 0.4) is 0 Å². The summed E-state index contributed by atoms with van der Waals surface area (Å²) in [7, 11) is 3.58. The van der Waals surface area contributed by atoms with Gasteiger partial charge in [-0.1, -0.05) is 62.4 Å². The molecule has 8 heteroatoms. The Kier molecular flexibility index (Phi) is 8.51. The van der Waals surface area contributed by atoms with Crippen LogP contribution in [-0.2, 0) is 14.3 Å². The molecule has 0 saturated carbocycles. The molecule has 0 aromatic heterocycles. The summed E-state index contributed by atoms with van der Waals surface area (Å²) in [6, 6.07) is 14.6. The number of hydrogen-bond donors (Lipinski definition) is 3. The summed E-state index contributed by atoms with van der Waals surface area (Å²) in [6.07, 6.45) is -0.694. The number of likely N-dealkylation sites (N-methyl/N-ethyl adjacent to an activating group) is 1. The van der Waals surface area contributed by atoms with Gasteiger partial charge in [0.25, 0.3) is 0 Å². The Balaban J connectivity index is 1.66. The van der Waals surface area contributed by atoms with Gasteiger partial charge in [0.05, 0.1) is 5.92 Å². The van der Waals surface area contributed by atoms with Crippen LogP contribution < -0.4 is 10.6 Å². The lowest BCUT2D eigenvalue weighted by Crippen LogP contribution is -2.55. The van der Waals surface area contributed by atoms with Crippen LogP contribution in [0.4, 0.5) is 4.79 Å². The Morgan fingerprint density at radius 3 is 1.97 bits per heavy atom. The number of benzene rings is 2. The van der Waals surface area contributed by atoms with Crippen molar-refractivity contribution < 1.29 is 24.2 Å². The quantitative estimate of drug-likeness (QED) is 0.481. The van der Waals surface area contributed by atoms with Crippen molar-refractivity contribution >= 4 is 18.0 Å². The second-order valence-corrected chi connectivity index (χ2v) is 9.69. The van der Waals surface area contributed by atoms with Crippen LogP contribution in [0.2, 0.25) is 0 Å². The first-order valence-electron chi connectivity index (χ1n) is 11.9. The number of carbonyl (C=O) groups is 3. The summed E-state index contributed by atoms with van der Waals surface area (Å²) in [5, 5.41) is 14.9. The fraction of sp³-hybridized carbons (Fsp3) is 0.444. The molecular formula is C27H35N3O5. The lowest BCUT2D eigenvalue weighted by atomic mass is 9.89. The topological polar surface area (TPSA) is 108 Å². The molecule has 0 aliphatic heterocycles. The minimum absolute atomic E-state index is 0.0864. The second kappa shape index (κ2) is 11.4.